The molecule has 1 amide bonds. The molecule has 0 bridgehead atoms. The van der Waals surface area contributed by atoms with E-state index >= 15 is 0 Å². The molecule has 102 valence electrons. The molecule has 0 fully saturated rings. The monoisotopic (exact) mass is 244 g/mol. The van der Waals surface area contributed by atoms with Crippen molar-refractivity contribution in [2.45, 2.75) is 60.1 Å². The number of hydrogen-bond acceptors (Lipinski definition) is 3. The maximum atomic E-state index is 11.8. The highest BCUT2D eigenvalue weighted by atomic mass is 16.6. The van der Waals surface area contributed by atoms with Gasteiger partial charge in [0.05, 0.1) is 0 Å². The molecule has 17 heavy (non-hydrogen) atoms. The fourth-order valence-electron chi connectivity index (χ4n) is 1.83. The van der Waals surface area contributed by atoms with Gasteiger partial charge in [-0.25, -0.2) is 4.79 Å². The fraction of sp³-hybridized carbons (Fsp3) is 0.923. The Morgan fingerprint density at radius 3 is 2.00 bits per heavy atom. The van der Waals surface area contributed by atoms with Gasteiger partial charge in [0.1, 0.15) is 5.60 Å². The summed E-state index contributed by atoms with van der Waals surface area (Å²) in [6, 6.07) is 0.00218. The highest BCUT2D eigenvalue weighted by molar-refractivity contribution is 5.68. The molecular formula is C13H28N2O2. The van der Waals surface area contributed by atoms with Crippen molar-refractivity contribution in [2.24, 2.45) is 17.1 Å². The van der Waals surface area contributed by atoms with Crippen molar-refractivity contribution in [3.8, 4) is 0 Å². The SMILES string of the molecule is CC(C)C(NC(=O)OC(C)(C)C)C(C)(C)CN. The van der Waals surface area contributed by atoms with Gasteiger partial charge in [0.2, 0.25) is 0 Å². The van der Waals surface area contributed by atoms with Crippen LogP contribution in [0, 0.1) is 11.3 Å². The number of rotatable bonds is 4. The largest absolute Gasteiger partial charge is 0.444 e. The van der Waals surface area contributed by atoms with Crippen LogP contribution in [-0.2, 0) is 4.74 Å². The molecule has 0 saturated carbocycles. The Balaban J connectivity index is 4.63. The number of carbonyl (C=O) groups excluding carboxylic acids is 1. The number of carbonyl (C=O) groups is 1. The molecule has 0 radical (unpaired) electrons. The standard InChI is InChI=1S/C13H28N2O2/c1-9(2)10(13(6,7)8-14)15-11(16)17-12(3,4)5/h9-10H,8,14H2,1-7H3,(H,15,16). The molecule has 3 N–H and O–H groups in total. The van der Waals surface area contributed by atoms with Gasteiger partial charge in [0.15, 0.2) is 0 Å². The van der Waals surface area contributed by atoms with Gasteiger partial charge in [0.25, 0.3) is 0 Å². The third-order valence-electron chi connectivity index (χ3n) is 2.71. The molecule has 0 aromatic carbocycles. The molecule has 0 saturated heterocycles. The van der Waals surface area contributed by atoms with E-state index in [1.54, 1.807) is 0 Å². The van der Waals surface area contributed by atoms with Crippen molar-refractivity contribution in [1.82, 2.24) is 5.32 Å². The minimum absolute atomic E-state index is 0.00218. The fourth-order valence-corrected chi connectivity index (χ4v) is 1.83. The second-order valence-electron chi connectivity index (χ2n) is 6.56. The molecule has 0 aromatic heterocycles. The van der Waals surface area contributed by atoms with E-state index in [0.717, 1.165) is 0 Å². The summed E-state index contributed by atoms with van der Waals surface area (Å²) in [7, 11) is 0. The average Bonchev–Trinajstić information content (AvgIpc) is 2.10. The first kappa shape index (κ1) is 16.2. The van der Waals surface area contributed by atoms with Crippen LogP contribution in [0.25, 0.3) is 0 Å². The predicted molar refractivity (Wildman–Crippen MR) is 70.8 cm³/mol. The summed E-state index contributed by atoms with van der Waals surface area (Å²) in [5.41, 5.74) is 5.13. The first-order chi connectivity index (χ1) is 7.49. The van der Waals surface area contributed by atoms with Crippen LogP contribution in [-0.4, -0.2) is 24.3 Å². The summed E-state index contributed by atoms with van der Waals surface area (Å²) in [4.78, 5) is 11.8. The Bertz CT molecular complexity index is 255. The molecule has 0 aliphatic carbocycles. The maximum Gasteiger partial charge on any atom is 0.407 e. The van der Waals surface area contributed by atoms with Crippen molar-refractivity contribution in [3.05, 3.63) is 0 Å². The first-order valence-electron chi connectivity index (χ1n) is 6.19. The van der Waals surface area contributed by atoms with E-state index in [-0.39, 0.29) is 17.6 Å². The molecule has 0 aliphatic heterocycles. The third-order valence-corrected chi connectivity index (χ3v) is 2.71. The first-order valence-corrected chi connectivity index (χ1v) is 6.19. The molecule has 0 aliphatic rings. The lowest BCUT2D eigenvalue weighted by molar-refractivity contribution is 0.0429. The minimum atomic E-state index is -0.474. The van der Waals surface area contributed by atoms with E-state index in [2.05, 4.69) is 33.0 Å². The molecule has 0 spiro atoms. The average molecular weight is 244 g/mol. The highest BCUT2D eigenvalue weighted by Crippen LogP contribution is 2.25. The van der Waals surface area contributed by atoms with Crippen LogP contribution >= 0.6 is 0 Å². The van der Waals surface area contributed by atoms with Crippen molar-refractivity contribution >= 4 is 6.09 Å². The van der Waals surface area contributed by atoms with E-state index in [1.165, 1.54) is 0 Å². The number of hydrogen-bond donors (Lipinski definition) is 2. The predicted octanol–water partition coefficient (Wildman–Crippen LogP) is 2.52. The summed E-state index contributed by atoms with van der Waals surface area (Å²) in [6.07, 6.45) is -0.377. The number of amides is 1. The van der Waals surface area contributed by atoms with Gasteiger partial charge in [-0.1, -0.05) is 27.7 Å². The molecule has 1 unspecified atom stereocenters. The van der Waals surface area contributed by atoms with Crippen LogP contribution in [0.2, 0.25) is 0 Å². The third kappa shape index (κ3) is 5.91. The quantitative estimate of drug-likeness (QED) is 0.798. The summed E-state index contributed by atoms with van der Waals surface area (Å²) < 4.78 is 5.27. The Labute approximate surface area is 105 Å². The molecule has 4 nitrogen and oxygen atoms in total. The Kier molecular flexibility index (Phi) is 5.46. The van der Waals surface area contributed by atoms with Crippen molar-refractivity contribution in [2.75, 3.05) is 6.54 Å². The lowest BCUT2D eigenvalue weighted by Gasteiger charge is -2.37. The van der Waals surface area contributed by atoms with E-state index in [9.17, 15) is 4.79 Å². The van der Waals surface area contributed by atoms with Crippen LogP contribution in [0.4, 0.5) is 4.79 Å². The Morgan fingerprint density at radius 2 is 1.71 bits per heavy atom. The Morgan fingerprint density at radius 1 is 1.24 bits per heavy atom. The van der Waals surface area contributed by atoms with Crippen LogP contribution < -0.4 is 11.1 Å². The van der Waals surface area contributed by atoms with Gasteiger partial charge < -0.3 is 15.8 Å². The molecule has 0 rings (SSSR count). The molecule has 0 heterocycles. The van der Waals surface area contributed by atoms with Gasteiger partial charge in [0, 0.05) is 6.04 Å². The molecule has 4 heteroatoms. The van der Waals surface area contributed by atoms with E-state index in [4.69, 9.17) is 10.5 Å². The maximum absolute atomic E-state index is 11.8. The summed E-state index contributed by atoms with van der Waals surface area (Å²) in [6.45, 7) is 14.3. The van der Waals surface area contributed by atoms with Crippen molar-refractivity contribution in [3.63, 3.8) is 0 Å². The number of nitrogens with one attached hydrogen (secondary N) is 1. The minimum Gasteiger partial charge on any atom is -0.444 e. The zero-order valence-electron chi connectivity index (χ0n) is 12.3. The normalized spacial score (nSPS) is 14.6. The van der Waals surface area contributed by atoms with Gasteiger partial charge in [-0.3, -0.25) is 0 Å². The van der Waals surface area contributed by atoms with Gasteiger partial charge in [-0.15, -0.1) is 0 Å². The summed E-state index contributed by atoms with van der Waals surface area (Å²) in [5.74, 6) is 0.307. The van der Waals surface area contributed by atoms with Crippen LogP contribution in [0.3, 0.4) is 0 Å². The zero-order chi connectivity index (χ0) is 13.9. The second-order valence-corrected chi connectivity index (χ2v) is 6.56. The van der Waals surface area contributed by atoms with Gasteiger partial charge in [-0.05, 0) is 38.6 Å². The zero-order valence-corrected chi connectivity index (χ0v) is 12.3. The van der Waals surface area contributed by atoms with Gasteiger partial charge >= 0.3 is 6.09 Å². The van der Waals surface area contributed by atoms with Gasteiger partial charge in [-0.2, -0.15) is 0 Å². The van der Waals surface area contributed by atoms with Crippen LogP contribution in [0.15, 0.2) is 0 Å². The van der Waals surface area contributed by atoms with E-state index < -0.39 is 5.60 Å². The number of alkyl carbamates (subject to hydrolysis) is 1. The molecule has 0 aromatic rings. The lowest BCUT2D eigenvalue weighted by Crippen LogP contribution is -2.52. The van der Waals surface area contributed by atoms with Crippen molar-refractivity contribution < 1.29 is 9.53 Å². The number of nitrogens with two attached hydrogens (primary N) is 1. The van der Waals surface area contributed by atoms with Crippen LogP contribution in [0.1, 0.15) is 48.5 Å². The summed E-state index contributed by atoms with van der Waals surface area (Å²) >= 11 is 0. The lowest BCUT2D eigenvalue weighted by atomic mass is 9.78. The highest BCUT2D eigenvalue weighted by Gasteiger charge is 2.33. The van der Waals surface area contributed by atoms with E-state index in [1.807, 2.05) is 20.8 Å². The topological polar surface area (TPSA) is 64.3 Å². The number of ether oxygens (including phenoxy) is 1. The second kappa shape index (κ2) is 5.71. The molecule has 1 atom stereocenters. The van der Waals surface area contributed by atoms with Crippen molar-refractivity contribution in [1.29, 1.82) is 0 Å². The Hall–Kier alpha value is -0.770. The smallest absolute Gasteiger partial charge is 0.407 e. The van der Waals surface area contributed by atoms with E-state index in [0.29, 0.717) is 12.5 Å². The molecular weight excluding hydrogens is 216 g/mol. The summed E-state index contributed by atoms with van der Waals surface area (Å²) in [5, 5.41) is 2.92. The van der Waals surface area contributed by atoms with Crippen LogP contribution in [0.5, 0.6) is 0 Å².